The van der Waals surface area contributed by atoms with E-state index in [1.54, 1.807) is 0 Å². The first-order chi connectivity index (χ1) is 6.19. The first-order valence-corrected chi connectivity index (χ1v) is 3.63. The van der Waals surface area contributed by atoms with Crippen LogP contribution in [0.4, 0.5) is 0 Å². The van der Waals surface area contributed by atoms with E-state index in [1.165, 1.54) is 25.3 Å². The van der Waals surface area contributed by atoms with E-state index >= 15 is 0 Å². The SMILES string of the molecule is COc1ccc(B(O)O)cc1C#N. The molecule has 0 aliphatic rings. The van der Waals surface area contributed by atoms with Gasteiger partial charge in [0.25, 0.3) is 0 Å². The average molecular weight is 177 g/mol. The fourth-order valence-corrected chi connectivity index (χ4v) is 0.974. The number of hydrogen-bond donors (Lipinski definition) is 2. The van der Waals surface area contributed by atoms with Crippen LogP contribution < -0.4 is 10.2 Å². The first kappa shape index (κ1) is 9.58. The molecule has 0 bridgehead atoms. The Morgan fingerprint density at radius 2 is 2.15 bits per heavy atom. The van der Waals surface area contributed by atoms with Gasteiger partial charge in [-0.25, -0.2) is 0 Å². The summed E-state index contributed by atoms with van der Waals surface area (Å²) in [6.45, 7) is 0. The van der Waals surface area contributed by atoms with Gasteiger partial charge in [-0.3, -0.25) is 0 Å². The zero-order valence-corrected chi connectivity index (χ0v) is 7.06. The Morgan fingerprint density at radius 1 is 1.46 bits per heavy atom. The third-order valence-corrected chi connectivity index (χ3v) is 1.64. The highest BCUT2D eigenvalue weighted by atomic mass is 16.5. The molecule has 13 heavy (non-hydrogen) atoms. The Morgan fingerprint density at radius 3 is 2.62 bits per heavy atom. The van der Waals surface area contributed by atoms with Crippen LogP contribution in [0, 0.1) is 11.3 Å². The van der Waals surface area contributed by atoms with Crippen molar-refractivity contribution in [1.82, 2.24) is 0 Å². The molecule has 0 saturated carbocycles. The lowest BCUT2D eigenvalue weighted by Gasteiger charge is -2.04. The Labute approximate surface area is 76.1 Å². The summed E-state index contributed by atoms with van der Waals surface area (Å²) in [5.74, 6) is 0.423. The van der Waals surface area contributed by atoms with Gasteiger partial charge in [-0.2, -0.15) is 5.26 Å². The Bertz CT molecular complexity index is 346. The molecule has 0 saturated heterocycles. The summed E-state index contributed by atoms with van der Waals surface area (Å²) in [6, 6.07) is 6.28. The number of hydrogen-bond acceptors (Lipinski definition) is 4. The fraction of sp³-hybridized carbons (Fsp3) is 0.125. The summed E-state index contributed by atoms with van der Waals surface area (Å²) in [7, 11) is -0.108. The quantitative estimate of drug-likeness (QED) is 0.582. The standard InChI is InChI=1S/C8H8BNO3/c1-13-8-3-2-7(9(11)12)4-6(8)5-10/h2-4,11-12H,1H3. The van der Waals surface area contributed by atoms with Crippen molar-refractivity contribution in [3.63, 3.8) is 0 Å². The average Bonchev–Trinajstić information content (AvgIpc) is 2.16. The van der Waals surface area contributed by atoms with Crippen LogP contribution in [0.3, 0.4) is 0 Å². The smallest absolute Gasteiger partial charge is 0.488 e. The van der Waals surface area contributed by atoms with Crippen molar-refractivity contribution in [3.8, 4) is 11.8 Å². The highest BCUT2D eigenvalue weighted by Gasteiger charge is 2.13. The van der Waals surface area contributed by atoms with E-state index in [-0.39, 0.29) is 11.0 Å². The monoisotopic (exact) mass is 177 g/mol. The zero-order chi connectivity index (χ0) is 9.84. The van der Waals surface area contributed by atoms with Crippen molar-refractivity contribution in [1.29, 1.82) is 5.26 Å². The highest BCUT2D eigenvalue weighted by molar-refractivity contribution is 6.58. The van der Waals surface area contributed by atoms with Gasteiger partial charge in [-0.1, -0.05) is 6.07 Å². The second kappa shape index (κ2) is 3.94. The molecule has 1 aromatic rings. The molecule has 0 aliphatic carbocycles. The van der Waals surface area contributed by atoms with Gasteiger partial charge in [0.15, 0.2) is 0 Å². The summed E-state index contributed by atoms with van der Waals surface area (Å²) >= 11 is 0. The van der Waals surface area contributed by atoms with Gasteiger partial charge in [0.05, 0.1) is 12.7 Å². The van der Waals surface area contributed by atoms with Crippen molar-refractivity contribution >= 4 is 12.6 Å². The number of rotatable bonds is 2. The molecule has 0 radical (unpaired) electrons. The van der Waals surface area contributed by atoms with Crippen LogP contribution in [0.25, 0.3) is 0 Å². The van der Waals surface area contributed by atoms with E-state index in [0.29, 0.717) is 5.75 Å². The minimum atomic E-state index is -1.56. The molecule has 0 unspecified atom stereocenters. The molecule has 4 nitrogen and oxygen atoms in total. The maximum Gasteiger partial charge on any atom is 0.488 e. The lowest BCUT2D eigenvalue weighted by atomic mass is 9.79. The number of nitriles is 1. The minimum absolute atomic E-state index is 0.275. The van der Waals surface area contributed by atoms with Crippen molar-refractivity contribution in [2.45, 2.75) is 0 Å². The van der Waals surface area contributed by atoms with E-state index < -0.39 is 7.12 Å². The van der Waals surface area contributed by atoms with E-state index in [0.717, 1.165) is 0 Å². The van der Waals surface area contributed by atoms with Crippen molar-refractivity contribution in [3.05, 3.63) is 23.8 Å². The van der Waals surface area contributed by atoms with Crippen LogP contribution in [-0.4, -0.2) is 24.3 Å². The second-order valence-corrected chi connectivity index (χ2v) is 2.45. The molecule has 0 aliphatic heterocycles. The molecule has 0 heterocycles. The van der Waals surface area contributed by atoms with Gasteiger partial charge < -0.3 is 14.8 Å². The van der Waals surface area contributed by atoms with Crippen LogP contribution in [0.15, 0.2) is 18.2 Å². The van der Waals surface area contributed by atoms with Crippen LogP contribution in [-0.2, 0) is 0 Å². The van der Waals surface area contributed by atoms with Gasteiger partial charge in [0.1, 0.15) is 11.8 Å². The molecule has 66 valence electrons. The van der Waals surface area contributed by atoms with Crippen molar-refractivity contribution in [2.24, 2.45) is 0 Å². The molecule has 2 N–H and O–H groups in total. The Hall–Kier alpha value is -1.51. The van der Waals surface area contributed by atoms with E-state index in [9.17, 15) is 0 Å². The van der Waals surface area contributed by atoms with Crippen molar-refractivity contribution in [2.75, 3.05) is 7.11 Å². The lowest BCUT2D eigenvalue weighted by molar-refractivity contribution is 0.413. The maximum atomic E-state index is 8.81. The third-order valence-electron chi connectivity index (χ3n) is 1.64. The topological polar surface area (TPSA) is 73.5 Å². The van der Waals surface area contributed by atoms with Crippen LogP contribution >= 0.6 is 0 Å². The second-order valence-electron chi connectivity index (χ2n) is 2.45. The minimum Gasteiger partial charge on any atom is -0.495 e. The van der Waals surface area contributed by atoms with Crippen LogP contribution in [0.1, 0.15) is 5.56 Å². The zero-order valence-electron chi connectivity index (χ0n) is 7.06. The fourth-order valence-electron chi connectivity index (χ4n) is 0.974. The Balaban J connectivity index is 3.15. The molecular formula is C8H8BNO3. The predicted octanol–water partition coefficient (Wildman–Crippen LogP) is -0.753. The third kappa shape index (κ3) is 1.99. The lowest BCUT2D eigenvalue weighted by Crippen LogP contribution is -2.29. The summed E-state index contributed by atoms with van der Waals surface area (Å²) in [4.78, 5) is 0. The number of nitrogens with zero attached hydrogens (tertiary/aromatic N) is 1. The van der Waals surface area contributed by atoms with Gasteiger partial charge in [-0.15, -0.1) is 0 Å². The number of methoxy groups -OCH3 is 1. The van der Waals surface area contributed by atoms with E-state index in [2.05, 4.69) is 0 Å². The highest BCUT2D eigenvalue weighted by Crippen LogP contribution is 2.14. The molecule has 0 spiro atoms. The van der Waals surface area contributed by atoms with Crippen LogP contribution in [0.5, 0.6) is 5.75 Å². The summed E-state index contributed by atoms with van der Waals surface area (Å²) < 4.78 is 4.89. The van der Waals surface area contributed by atoms with Gasteiger partial charge >= 0.3 is 7.12 Å². The largest absolute Gasteiger partial charge is 0.495 e. The van der Waals surface area contributed by atoms with Gasteiger partial charge in [0, 0.05) is 0 Å². The molecule has 0 atom stereocenters. The molecule has 5 heteroatoms. The normalized spacial score (nSPS) is 9.08. The molecule has 1 rings (SSSR count). The van der Waals surface area contributed by atoms with Gasteiger partial charge in [-0.05, 0) is 17.6 Å². The van der Waals surface area contributed by atoms with Crippen molar-refractivity contribution < 1.29 is 14.8 Å². The molecule has 0 fully saturated rings. The molecule has 1 aromatic carbocycles. The van der Waals surface area contributed by atoms with Gasteiger partial charge in [0.2, 0.25) is 0 Å². The summed E-state index contributed by atoms with van der Waals surface area (Å²) in [6.07, 6.45) is 0. The molecular weight excluding hydrogens is 169 g/mol. The summed E-state index contributed by atoms with van der Waals surface area (Å²) in [5, 5.41) is 26.3. The maximum absolute atomic E-state index is 8.81. The summed E-state index contributed by atoms with van der Waals surface area (Å²) in [5.41, 5.74) is 0.561. The first-order valence-electron chi connectivity index (χ1n) is 3.63. The van der Waals surface area contributed by atoms with E-state index in [1.807, 2.05) is 6.07 Å². The molecule has 0 amide bonds. The molecule has 0 aromatic heterocycles. The predicted molar refractivity (Wildman–Crippen MR) is 47.5 cm³/mol. The van der Waals surface area contributed by atoms with E-state index in [4.69, 9.17) is 20.0 Å². The number of ether oxygens (including phenoxy) is 1. The van der Waals surface area contributed by atoms with Crippen LogP contribution in [0.2, 0.25) is 0 Å². The Kier molecular flexibility index (Phi) is 2.90. The number of benzene rings is 1.